The molecule has 0 unspecified atom stereocenters. The number of furan rings is 1. The van der Waals surface area contributed by atoms with Crippen molar-refractivity contribution in [3.63, 3.8) is 0 Å². The molecule has 0 saturated heterocycles. The van der Waals surface area contributed by atoms with E-state index in [0.717, 1.165) is 49.6 Å². The van der Waals surface area contributed by atoms with Crippen LogP contribution in [0.15, 0.2) is 229 Å². The quantitative estimate of drug-likeness (QED) is 0.157. The first kappa shape index (κ1) is 36.4. The van der Waals surface area contributed by atoms with Crippen LogP contribution in [0.2, 0.25) is 0 Å². The van der Waals surface area contributed by atoms with Crippen LogP contribution in [-0.2, 0) is 0 Å². The number of fused-ring (bicyclic) bond motifs is 9. The van der Waals surface area contributed by atoms with Gasteiger partial charge in [0.15, 0.2) is 25.5 Å². The van der Waals surface area contributed by atoms with Crippen LogP contribution in [0, 0.1) is 0 Å². The molecule has 0 atom stereocenters. The molecule has 0 amide bonds. The fourth-order valence-corrected chi connectivity index (χ4v) is 15.7. The Balaban J connectivity index is 1.04. The lowest BCUT2D eigenvalue weighted by atomic mass is 9.92. The number of rotatable bonds is 6. The second kappa shape index (κ2) is 14.4. The summed E-state index contributed by atoms with van der Waals surface area (Å²) in [6.45, 7) is 0. The zero-order valence-corrected chi connectivity index (χ0v) is 35.6. The predicted molar refractivity (Wildman–Crippen MR) is 266 cm³/mol. The summed E-state index contributed by atoms with van der Waals surface area (Å²) < 4.78 is 6.74. The van der Waals surface area contributed by atoms with Crippen LogP contribution in [0.5, 0.6) is 0 Å². The zero-order valence-electron chi connectivity index (χ0n) is 34.6. The van der Waals surface area contributed by atoms with E-state index in [4.69, 9.17) is 19.4 Å². The summed E-state index contributed by atoms with van der Waals surface area (Å²) in [6, 6.07) is 80.5. The Morgan fingerprint density at radius 2 is 0.891 bits per heavy atom. The van der Waals surface area contributed by atoms with E-state index < -0.39 is 8.07 Å². The van der Waals surface area contributed by atoms with E-state index in [2.05, 4.69) is 206 Å². The van der Waals surface area contributed by atoms with Crippen molar-refractivity contribution in [3.8, 4) is 56.4 Å². The molecule has 2 aromatic heterocycles. The molecule has 5 heteroatoms. The van der Waals surface area contributed by atoms with E-state index in [-0.39, 0.29) is 0 Å². The van der Waals surface area contributed by atoms with Crippen molar-refractivity contribution in [2.75, 3.05) is 0 Å². The van der Waals surface area contributed by atoms with E-state index in [1.54, 1.807) is 0 Å². The highest BCUT2D eigenvalue weighted by atomic mass is 28.3. The number of aromatic nitrogens is 3. The van der Waals surface area contributed by atoms with E-state index in [1.165, 1.54) is 53.6 Å². The molecular formula is C59H37N3OSi. The smallest absolute Gasteiger partial charge is 0.180 e. The summed E-state index contributed by atoms with van der Waals surface area (Å²) in [5, 5.41) is 12.3. The average molecular weight is 832 g/mol. The highest BCUT2D eigenvalue weighted by Crippen LogP contribution is 2.43. The lowest BCUT2D eigenvalue weighted by Crippen LogP contribution is -2.72. The molecule has 1 aliphatic rings. The van der Waals surface area contributed by atoms with Crippen molar-refractivity contribution in [3.05, 3.63) is 224 Å². The first-order chi connectivity index (χ1) is 31.7. The number of hydrogen-bond donors (Lipinski definition) is 0. The van der Waals surface area contributed by atoms with Gasteiger partial charge >= 0.3 is 0 Å². The van der Waals surface area contributed by atoms with Crippen LogP contribution in [-0.4, -0.2) is 23.0 Å². The molecule has 0 N–H and O–H groups in total. The van der Waals surface area contributed by atoms with Gasteiger partial charge in [-0.25, -0.2) is 15.0 Å². The van der Waals surface area contributed by atoms with Crippen LogP contribution < -0.4 is 20.7 Å². The monoisotopic (exact) mass is 831 g/mol. The number of benzene rings is 10. The van der Waals surface area contributed by atoms with Gasteiger partial charge in [-0.05, 0) is 88.8 Å². The zero-order chi connectivity index (χ0) is 42.2. The minimum Gasteiger partial charge on any atom is -0.456 e. The summed E-state index contributed by atoms with van der Waals surface area (Å²) in [7, 11) is -2.74. The molecule has 0 bridgehead atoms. The van der Waals surface area contributed by atoms with Gasteiger partial charge < -0.3 is 4.42 Å². The molecule has 0 saturated carbocycles. The molecule has 0 spiro atoms. The number of nitrogens with zero attached hydrogens (tertiary/aromatic N) is 3. The Morgan fingerprint density at radius 1 is 0.328 bits per heavy atom. The van der Waals surface area contributed by atoms with Gasteiger partial charge in [0.25, 0.3) is 0 Å². The van der Waals surface area contributed by atoms with Gasteiger partial charge in [0.2, 0.25) is 0 Å². The Labute approximate surface area is 370 Å². The van der Waals surface area contributed by atoms with Crippen molar-refractivity contribution in [1.29, 1.82) is 0 Å². The highest BCUT2D eigenvalue weighted by Gasteiger charge is 2.49. The minimum atomic E-state index is -2.74. The highest BCUT2D eigenvalue weighted by molar-refractivity contribution is 7.22. The summed E-state index contributed by atoms with van der Waals surface area (Å²) in [6.07, 6.45) is 0. The van der Waals surface area contributed by atoms with E-state index in [1.807, 2.05) is 18.2 Å². The van der Waals surface area contributed by atoms with E-state index >= 15 is 0 Å². The van der Waals surface area contributed by atoms with Crippen molar-refractivity contribution in [2.24, 2.45) is 0 Å². The maximum absolute atomic E-state index is 6.74. The molecule has 4 nitrogen and oxygen atoms in total. The third kappa shape index (κ3) is 5.44. The average Bonchev–Trinajstić information content (AvgIpc) is 3.90. The largest absolute Gasteiger partial charge is 0.456 e. The van der Waals surface area contributed by atoms with Gasteiger partial charge in [-0.15, -0.1) is 0 Å². The van der Waals surface area contributed by atoms with E-state index in [0.29, 0.717) is 17.5 Å². The topological polar surface area (TPSA) is 51.8 Å². The molecule has 64 heavy (non-hydrogen) atoms. The summed E-state index contributed by atoms with van der Waals surface area (Å²) in [4.78, 5) is 16.0. The summed E-state index contributed by atoms with van der Waals surface area (Å²) in [5.41, 5.74) is 9.24. The molecule has 0 radical (unpaired) electrons. The Bertz CT molecular complexity index is 3750. The third-order valence-electron chi connectivity index (χ3n) is 13.2. The lowest BCUT2D eigenvalue weighted by Gasteiger charge is -2.31. The van der Waals surface area contributed by atoms with E-state index in [9.17, 15) is 0 Å². The Kier molecular flexibility index (Phi) is 8.20. The first-order valence-corrected chi connectivity index (χ1v) is 23.8. The van der Waals surface area contributed by atoms with Crippen molar-refractivity contribution < 1.29 is 4.42 Å². The van der Waals surface area contributed by atoms with Crippen molar-refractivity contribution >= 4 is 72.3 Å². The van der Waals surface area contributed by atoms with Crippen LogP contribution in [0.1, 0.15) is 0 Å². The first-order valence-electron chi connectivity index (χ1n) is 21.8. The van der Waals surface area contributed by atoms with Gasteiger partial charge in [0.1, 0.15) is 11.2 Å². The fourth-order valence-electron chi connectivity index (χ4n) is 10.5. The van der Waals surface area contributed by atoms with Gasteiger partial charge in [-0.1, -0.05) is 200 Å². The number of hydrogen-bond acceptors (Lipinski definition) is 4. The summed E-state index contributed by atoms with van der Waals surface area (Å²) in [5.74, 6) is 1.88. The molecule has 12 aromatic rings. The van der Waals surface area contributed by atoms with Crippen LogP contribution in [0.25, 0.3) is 99.9 Å². The lowest BCUT2D eigenvalue weighted by molar-refractivity contribution is 0.669. The van der Waals surface area contributed by atoms with Gasteiger partial charge in [0.05, 0.1) is 0 Å². The standard InChI is InChI=1S/C59H37N3OSi/c1-4-19-39(20-5-1)57-60-58(40-34-35-51-50(36-40)55-46-28-13-12-27-45(46)49(37-52(55)63-51)44-30-16-21-38-18-10-11-26-43(38)44)62-59(61-57)48-31-17-33-54-56(48)47-29-14-15-32-53(47)64(54,41-22-6-2-7-23-41)42-24-8-3-9-25-42/h1-37H. The molecule has 3 heterocycles. The molecule has 298 valence electrons. The molecule has 0 fully saturated rings. The second-order valence-electron chi connectivity index (χ2n) is 16.6. The van der Waals surface area contributed by atoms with Gasteiger partial charge in [0, 0.05) is 27.5 Å². The molecular weight excluding hydrogens is 795 g/mol. The normalized spacial score (nSPS) is 12.8. The predicted octanol–water partition coefficient (Wildman–Crippen LogP) is 12.1. The fraction of sp³-hybridized carbons (Fsp3) is 0. The molecule has 1 aliphatic heterocycles. The second-order valence-corrected chi connectivity index (χ2v) is 20.3. The maximum atomic E-state index is 6.74. The van der Waals surface area contributed by atoms with Gasteiger partial charge in [-0.2, -0.15) is 0 Å². The SMILES string of the molecule is c1ccc(-c2nc(-c3ccc4oc5cc(-c6cccc7ccccc67)c6ccccc6c5c4c3)nc(-c3cccc4c3-c3ccccc3[Si]4(c3ccccc3)c3ccccc3)n2)cc1. The molecule has 10 aromatic carbocycles. The minimum absolute atomic E-state index is 0.607. The van der Waals surface area contributed by atoms with Crippen LogP contribution in [0.3, 0.4) is 0 Å². The maximum Gasteiger partial charge on any atom is 0.180 e. The molecule has 0 aliphatic carbocycles. The molecule has 13 rings (SSSR count). The van der Waals surface area contributed by atoms with Crippen LogP contribution in [0.4, 0.5) is 0 Å². The van der Waals surface area contributed by atoms with Gasteiger partial charge in [-0.3, -0.25) is 0 Å². The Hall–Kier alpha value is -8.25. The Morgan fingerprint density at radius 3 is 1.67 bits per heavy atom. The summed E-state index contributed by atoms with van der Waals surface area (Å²) >= 11 is 0. The third-order valence-corrected chi connectivity index (χ3v) is 18.1. The van der Waals surface area contributed by atoms with Crippen LogP contribution >= 0.6 is 0 Å². The van der Waals surface area contributed by atoms with Crippen molar-refractivity contribution in [1.82, 2.24) is 15.0 Å². The van der Waals surface area contributed by atoms with Crippen molar-refractivity contribution in [2.45, 2.75) is 0 Å².